The topological polar surface area (TPSA) is 41.3 Å². The second-order valence-corrected chi connectivity index (χ2v) is 5.41. The zero-order valence-corrected chi connectivity index (χ0v) is 12.2. The molecule has 3 rings (SSSR count). The molecule has 1 aliphatic heterocycles. The molecule has 0 spiro atoms. The lowest BCUT2D eigenvalue weighted by Crippen LogP contribution is -2.19. The van der Waals surface area contributed by atoms with Gasteiger partial charge in [0, 0.05) is 24.8 Å². The molecule has 112 valence electrons. The van der Waals surface area contributed by atoms with Crippen LogP contribution in [0.5, 0.6) is 0 Å². The van der Waals surface area contributed by atoms with Crippen LogP contribution in [0.2, 0.25) is 0 Å². The van der Waals surface area contributed by atoms with E-state index in [0.717, 1.165) is 49.6 Å². The third kappa shape index (κ3) is 3.24. The van der Waals surface area contributed by atoms with Crippen LogP contribution in [0.25, 0.3) is 0 Å². The Balaban J connectivity index is 1.64. The number of nitrogens with zero attached hydrogens (tertiary/aromatic N) is 2. The molecule has 2 heterocycles. The number of halogens is 1. The summed E-state index contributed by atoms with van der Waals surface area (Å²) in [4.78, 5) is 2.14. The van der Waals surface area contributed by atoms with E-state index in [1.54, 1.807) is 6.07 Å². The van der Waals surface area contributed by atoms with Crippen molar-refractivity contribution >= 4 is 5.69 Å². The van der Waals surface area contributed by atoms with E-state index in [0.29, 0.717) is 6.54 Å². The fourth-order valence-electron chi connectivity index (χ4n) is 2.68. The van der Waals surface area contributed by atoms with Gasteiger partial charge in [0.1, 0.15) is 5.82 Å². The Morgan fingerprint density at radius 3 is 3.14 bits per heavy atom. The molecule has 0 fully saturated rings. The van der Waals surface area contributed by atoms with Gasteiger partial charge in [0.15, 0.2) is 5.76 Å². The third-order valence-corrected chi connectivity index (χ3v) is 3.73. The Morgan fingerprint density at radius 2 is 2.29 bits per heavy atom. The van der Waals surface area contributed by atoms with E-state index in [-0.39, 0.29) is 5.82 Å². The molecule has 0 saturated carbocycles. The summed E-state index contributed by atoms with van der Waals surface area (Å²) in [5, 5.41) is 7.36. The fraction of sp³-hybridized carbons (Fsp3) is 0.438. The molecule has 0 aliphatic carbocycles. The average molecular weight is 289 g/mol. The predicted octanol–water partition coefficient (Wildman–Crippen LogP) is 2.88. The van der Waals surface area contributed by atoms with Gasteiger partial charge < -0.3 is 14.7 Å². The van der Waals surface area contributed by atoms with Crippen LogP contribution in [0.3, 0.4) is 0 Å². The van der Waals surface area contributed by atoms with Crippen LogP contribution in [0.4, 0.5) is 10.1 Å². The first-order valence-electron chi connectivity index (χ1n) is 7.45. The highest BCUT2D eigenvalue weighted by atomic mass is 19.1. The lowest BCUT2D eigenvalue weighted by molar-refractivity contribution is 0.374. The van der Waals surface area contributed by atoms with Crippen LogP contribution < -0.4 is 10.2 Å². The van der Waals surface area contributed by atoms with Crippen LogP contribution in [0.15, 0.2) is 28.8 Å². The first-order valence-corrected chi connectivity index (χ1v) is 7.45. The van der Waals surface area contributed by atoms with Gasteiger partial charge in [0.25, 0.3) is 0 Å². The molecule has 5 heteroatoms. The molecule has 1 aromatic heterocycles. The maximum Gasteiger partial charge on any atom is 0.156 e. The Labute approximate surface area is 123 Å². The molecule has 0 bridgehead atoms. The molecular weight excluding hydrogens is 269 g/mol. The number of hydrogen-bond donors (Lipinski definition) is 1. The summed E-state index contributed by atoms with van der Waals surface area (Å²) in [5.41, 5.74) is 3.08. The molecule has 21 heavy (non-hydrogen) atoms. The second kappa shape index (κ2) is 6.26. The Kier molecular flexibility index (Phi) is 4.20. The number of aromatic nitrogens is 1. The van der Waals surface area contributed by atoms with Crippen molar-refractivity contribution in [1.29, 1.82) is 0 Å². The van der Waals surface area contributed by atoms with Gasteiger partial charge in [-0.2, -0.15) is 0 Å². The SMILES string of the molecule is CCCNCc1cc(CN2CCc3ccc(F)cc32)on1. The summed E-state index contributed by atoms with van der Waals surface area (Å²) in [6.45, 7) is 5.36. The summed E-state index contributed by atoms with van der Waals surface area (Å²) < 4.78 is 18.8. The molecule has 1 aromatic carbocycles. The number of hydrogen-bond acceptors (Lipinski definition) is 4. The molecule has 0 amide bonds. The van der Waals surface area contributed by atoms with Crippen LogP contribution in [-0.4, -0.2) is 18.2 Å². The van der Waals surface area contributed by atoms with Crippen molar-refractivity contribution in [2.24, 2.45) is 0 Å². The Hall–Kier alpha value is -1.88. The largest absolute Gasteiger partial charge is 0.363 e. The molecule has 1 aliphatic rings. The van der Waals surface area contributed by atoms with Gasteiger partial charge >= 0.3 is 0 Å². The van der Waals surface area contributed by atoms with Gasteiger partial charge in [-0.15, -0.1) is 0 Å². The Morgan fingerprint density at radius 1 is 1.38 bits per heavy atom. The minimum absolute atomic E-state index is 0.192. The van der Waals surface area contributed by atoms with Gasteiger partial charge in [0.2, 0.25) is 0 Å². The summed E-state index contributed by atoms with van der Waals surface area (Å²) in [5.74, 6) is 0.628. The minimum Gasteiger partial charge on any atom is -0.363 e. The number of fused-ring (bicyclic) bond motifs is 1. The predicted molar refractivity (Wildman–Crippen MR) is 79.7 cm³/mol. The standard InChI is InChI=1S/C16H20FN3O/c1-2-6-18-10-14-9-15(21-19-14)11-20-7-5-12-3-4-13(17)8-16(12)20/h3-4,8-9,18H,2,5-7,10-11H2,1H3. The third-order valence-electron chi connectivity index (χ3n) is 3.73. The lowest BCUT2D eigenvalue weighted by atomic mass is 10.2. The first-order chi connectivity index (χ1) is 10.3. The van der Waals surface area contributed by atoms with Crippen molar-refractivity contribution in [2.45, 2.75) is 32.9 Å². The molecule has 1 N–H and O–H groups in total. The normalized spacial score (nSPS) is 13.7. The maximum atomic E-state index is 13.4. The number of rotatable bonds is 6. The lowest BCUT2D eigenvalue weighted by Gasteiger charge is -2.17. The smallest absolute Gasteiger partial charge is 0.156 e. The molecule has 0 saturated heterocycles. The minimum atomic E-state index is -0.192. The van der Waals surface area contributed by atoms with Crippen LogP contribution in [0, 0.1) is 5.82 Å². The highest BCUT2D eigenvalue weighted by molar-refractivity contribution is 5.58. The number of nitrogens with one attached hydrogen (secondary N) is 1. The Bertz CT molecular complexity index is 611. The molecular formula is C16H20FN3O. The van der Waals surface area contributed by atoms with E-state index in [2.05, 4.69) is 22.3 Å². The molecule has 0 radical (unpaired) electrons. The highest BCUT2D eigenvalue weighted by Gasteiger charge is 2.21. The summed E-state index contributed by atoms with van der Waals surface area (Å²) in [6.07, 6.45) is 2.05. The number of anilines is 1. The van der Waals surface area contributed by atoms with Gasteiger partial charge in [-0.3, -0.25) is 0 Å². The van der Waals surface area contributed by atoms with Gasteiger partial charge in [0.05, 0.1) is 12.2 Å². The van der Waals surface area contributed by atoms with Gasteiger partial charge in [-0.25, -0.2) is 4.39 Å². The van der Waals surface area contributed by atoms with E-state index >= 15 is 0 Å². The zero-order valence-electron chi connectivity index (χ0n) is 12.2. The van der Waals surface area contributed by atoms with E-state index < -0.39 is 0 Å². The van der Waals surface area contributed by atoms with Crippen LogP contribution in [0.1, 0.15) is 30.4 Å². The van der Waals surface area contributed by atoms with Crippen molar-refractivity contribution in [3.8, 4) is 0 Å². The van der Waals surface area contributed by atoms with Crippen molar-refractivity contribution in [2.75, 3.05) is 18.0 Å². The van der Waals surface area contributed by atoms with Gasteiger partial charge in [-0.1, -0.05) is 18.1 Å². The molecule has 2 aromatic rings. The van der Waals surface area contributed by atoms with Crippen molar-refractivity contribution in [1.82, 2.24) is 10.5 Å². The average Bonchev–Trinajstić information content (AvgIpc) is 3.07. The maximum absolute atomic E-state index is 13.4. The summed E-state index contributed by atoms with van der Waals surface area (Å²) in [6, 6.07) is 6.96. The zero-order chi connectivity index (χ0) is 14.7. The van der Waals surface area contributed by atoms with Gasteiger partial charge in [-0.05, 0) is 37.1 Å². The van der Waals surface area contributed by atoms with Crippen molar-refractivity contribution in [3.05, 3.63) is 47.1 Å². The van der Waals surface area contributed by atoms with Crippen LogP contribution >= 0.6 is 0 Å². The van der Waals surface area contributed by atoms with E-state index in [4.69, 9.17) is 4.52 Å². The summed E-state index contributed by atoms with van der Waals surface area (Å²) in [7, 11) is 0. The number of benzene rings is 1. The highest BCUT2D eigenvalue weighted by Crippen LogP contribution is 2.30. The van der Waals surface area contributed by atoms with Crippen LogP contribution in [-0.2, 0) is 19.5 Å². The first kappa shape index (κ1) is 14.1. The van der Waals surface area contributed by atoms with E-state index in [9.17, 15) is 4.39 Å². The second-order valence-electron chi connectivity index (χ2n) is 5.41. The molecule has 0 unspecified atom stereocenters. The monoisotopic (exact) mass is 289 g/mol. The quantitative estimate of drug-likeness (QED) is 0.830. The fourth-order valence-corrected chi connectivity index (χ4v) is 2.68. The molecule has 4 nitrogen and oxygen atoms in total. The summed E-state index contributed by atoms with van der Waals surface area (Å²) >= 11 is 0. The van der Waals surface area contributed by atoms with E-state index in [1.807, 2.05) is 12.1 Å². The van der Waals surface area contributed by atoms with Crippen molar-refractivity contribution in [3.63, 3.8) is 0 Å². The van der Waals surface area contributed by atoms with Crippen molar-refractivity contribution < 1.29 is 8.91 Å². The molecule has 0 atom stereocenters. The van der Waals surface area contributed by atoms with E-state index in [1.165, 1.54) is 11.6 Å².